The number of hydrogen-bond acceptors (Lipinski definition) is 6. The van der Waals surface area contributed by atoms with E-state index in [1.807, 2.05) is 37.3 Å². The first kappa shape index (κ1) is 28.3. The highest BCUT2D eigenvalue weighted by Gasteiger charge is 2.29. The van der Waals surface area contributed by atoms with Gasteiger partial charge in [-0.2, -0.15) is 4.98 Å². The van der Waals surface area contributed by atoms with E-state index in [1.165, 1.54) is 24.3 Å². The van der Waals surface area contributed by atoms with Gasteiger partial charge in [0.05, 0.1) is 6.04 Å². The second kappa shape index (κ2) is 11.8. The van der Waals surface area contributed by atoms with Gasteiger partial charge in [0.1, 0.15) is 11.5 Å². The number of aromatic nitrogens is 3. The summed E-state index contributed by atoms with van der Waals surface area (Å²) in [5.74, 6) is 0.0512. The molecule has 2 aliphatic rings. The molecule has 0 radical (unpaired) electrons. The molecule has 0 spiro atoms. The van der Waals surface area contributed by atoms with Crippen LogP contribution in [0.4, 0.5) is 20.8 Å². The number of aryl methyl sites for hydroxylation is 1. The number of nitrogens with zero attached hydrogens (tertiary/aromatic N) is 5. The zero-order valence-corrected chi connectivity index (χ0v) is 24.2. The molecule has 2 aromatic heterocycles. The molecule has 10 nitrogen and oxygen atoms in total. The van der Waals surface area contributed by atoms with E-state index < -0.39 is 0 Å². The van der Waals surface area contributed by atoms with E-state index in [1.54, 1.807) is 27.5 Å². The quantitative estimate of drug-likeness (QED) is 0.349. The molecular formula is C32H34FN7O3. The summed E-state index contributed by atoms with van der Waals surface area (Å²) < 4.78 is 14.9. The lowest BCUT2D eigenvalue weighted by molar-refractivity contribution is -0.127. The summed E-state index contributed by atoms with van der Waals surface area (Å²) in [6, 6.07) is 15.0. The lowest BCUT2D eigenvalue weighted by Gasteiger charge is -2.32. The molecule has 0 bridgehead atoms. The minimum atomic E-state index is -0.356. The van der Waals surface area contributed by atoms with E-state index in [-0.39, 0.29) is 35.4 Å². The predicted octanol–water partition coefficient (Wildman–Crippen LogP) is 4.81. The van der Waals surface area contributed by atoms with Crippen LogP contribution in [-0.4, -0.2) is 68.5 Å². The number of benzene rings is 2. The number of likely N-dealkylation sites (tertiary alicyclic amines) is 2. The van der Waals surface area contributed by atoms with Crippen molar-refractivity contribution in [3.05, 3.63) is 82.5 Å². The van der Waals surface area contributed by atoms with E-state index >= 15 is 0 Å². The minimum absolute atomic E-state index is 0.00964. The number of rotatable bonds is 5. The van der Waals surface area contributed by atoms with Crippen LogP contribution >= 0.6 is 0 Å². The van der Waals surface area contributed by atoms with E-state index in [4.69, 9.17) is 4.98 Å². The van der Waals surface area contributed by atoms with Crippen molar-refractivity contribution in [2.24, 2.45) is 0 Å². The topological polar surface area (TPSA) is 112 Å². The van der Waals surface area contributed by atoms with Crippen molar-refractivity contribution in [3.8, 4) is 11.1 Å². The van der Waals surface area contributed by atoms with Gasteiger partial charge in [0.15, 0.2) is 0 Å². The maximum Gasteiger partial charge on any atom is 0.321 e. The van der Waals surface area contributed by atoms with Crippen LogP contribution in [0.1, 0.15) is 37.8 Å². The summed E-state index contributed by atoms with van der Waals surface area (Å²) in [7, 11) is 0. The maximum absolute atomic E-state index is 14.1. The number of carbonyl (C=O) groups excluding carboxylic acids is 2. The van der Waals surface area contributed by atoms with Crippen LogP contribution in [0.5, 0.6) is 0 Å². The van der Waals surface area contributed by atoms with Crippen molar-refractivity contribution in [2.45, 2.75) is 45.2 Å². The Morgan fingerprint density at radius 2 is 1.67 bits per heavy atom. The average molecular weight is 584 g/mol. The number of urea groups is 1. The summed E-state index contributed by atoms with van der Waals surface area (Å²) in [6.45, 7) is 5.64. The van der Waals surface area contributed by atoms with E-state index in [9.17, 15) is 18.8 Å². The molecule has 2 aliphatic heterocycles. The molecule has 0 aliphatic carbocycles. The molecule has 0 saturated carbocycles. The number of nitrogens with one attached hydrogen (secondary N) is 2. The maximum atomic E-state index is 14.1. The Labute approximate surface area is 248 Å². The Morgan fingerprint density at radius 1 is 0.953 bits per heavy atom. The Hall–Kier alpha value is -4.80. The minimum Gasteiger partial charge on any atom is -0.351 e. The van der Waals surface area contributed by atoms with E-state index in [2.05, 4.69) is 15.6 Å². The summed E-state index contributed by atoms with van der Waals surface area (Å²) in [5, 5.41) is 6.96. The zero-order chi connectivity index (χ0) is 30.1. The molecule has 2 aromatic carbocycles. The smallest absolute Gasteiger partial charge is 0.321 e. The number of carbonyl (C=O) groups is 2. The van der Waals surface area contributed by atoms with Gasteiger partial charge in [-0.1, -0.05) is 24.3 Å². The molecule has 1 atom stereocenters. The van der Waals surface area contributed by atoms with Gasteiger partial charge in [-0.3, -0.25) is 14.2 Å². The van der Waals surface area contributed by atoms with Crippen LogP contribution in [0.25, 0.3) is 22.2 Å². The number of piperidine rings is 1. The summed E-state index contributed by atoms with van der Waals surface area (Å²) in [6.07, 6.45) is 3.78. The molecule has 2 N–H and O–H groups in total. The van der Waals surface area contributed by atoms with Gasteiger partial charge in [0.2, 0.25) is 11.9 Å². The molecule has 2 saturated heterocycles. The monoisotopic (exact) mass is 583 g/mol. The first-order valence-corrected chi connectivity index (χ1v) is 14.6. The third kappa shape index (κ3) is 5.93. The van der Waals surface area contributed by atoms with E-state index in [0.717, 1.165) is 16.5 Å². The van der Waals surface area contributed by atoms with Crippen LogP contribution in [0, 0.1) is 12.7 Å². The highest BCUT2D eigenvalue weighted by atomic mass is 19.1. The number of anilines is 2. The summed E-state index contributed by atoms with van der Waals surface area (Å²) in [5.41, 5.74) is 3.39. The summed E-state index contributed by atoms with van der Waals surface area (Å²) >= 11 is 0. The van der Waals surface area contributed by atoms with Gasteiger partial charge in [0.25, 0.3) is 5.56 Å². The van der Waals surface area contributed by atoms with Crippen molar-refractivity contribution in [1.29, 1.82) is 0 Å². The SMILES string of the molecule is CC(=O)N1CCC(n2c(=O)c(-c3ccccc3C)cc3cnc(NC4CCN(C(=O)Nc5ccc(F)cc5)CC4)nc32)C1. The molecule has 2 fully saturated rings. The Kier molecular flexibility index (Phi) is 7.79. The van der Waals surface area contributed by atoms with Crippen LogP contribution in [-0.2, 0) is 4.79 Å². The molecule has 222 valence electrons. The Morgan fingerprint density at radius 3 is 2.37 bits per heavy atom. The summed E-state index contributed by atoms with van der Waals surface area (Å²) in [4.78, 5) is 51.8. The number of fused-ring (bicyclic) bond motifs is 1. The predicted molar refractivity (Wildman–Crippen MR) is 164 cm³/mol. The fourth-order valence-electron chi connectivity index (χ4n) is 5.98. The standard InChI is InChI=1S/C32H34FN7O3/c1-20-5-3-4-6-27(20)28-17-22-18-34-31(37-29(22)40(30(28)42)26-13-16-39(19-26)21(2)41)35-25-11-14-38(15-12-25)32(43)36-24-9-7-23(33)8-10-24/h3-10,17-18,25-26H,11-16,19H2,1-2H3,(H,36,43)(H,34,35,37). The molecule has 43 heavy (non-hydrogen) atoms. The van der Waals surface area contributed by atoms with Gasteiger partial charge in [-0.25, -0.2) is 14.2 Å². The van der Waals surface area contributed by atoms with Crippen LogP contribution in [0.3, 0.4) is 0 Å². The Bertz CT molecular complexity index is 1730. The van der Waals surface area contributed by atoms with Crippen LogP contribution in [0.15, 0.2) is 65.6 Å². The third-order valence-electron chi connectivity index (χ3n) is 8.39. The molecule has 11 heteroatoms. The molecule has 6 rings (SSSR count). The van der Waals surface area contributed by atoms with Gasteiger partial charge < -0.3 is 20.4 Å². The van der Waals surface area contributed by atoms with Crippen molar-refractivity contribution < 1.29 is 14.0 Å². The largest absolute Gasteiger partial charge is 0.351 e. The molecule has 1 unspecified atom stereocenters. The highest BCUT2D eigenvalue weighted by molar-refractivity contribution is 5.89. The zero-order valence-electron chi connectivity index (χ0n) is 24.2. The first-order valence-electron chi connectivity index (χ1n) is 14.6. The van der Waals surface area contributed by atoms with Crippen LogP contribution < -0.4 is 16.2 Å². The van der Waals surface area contributed by atoms with Gasteiger partial charge >= 0.3 is 6.03 Å². The molecule has 4 heterocycles. The van der Waals surface area contributed by atoms with Crippen molar-refractivity contribution in [1.82, 2.24) is 24.3 Å². The fourth-order valence-corrected chi connectivity index (χ4v) is 5.98. The Balaban J connectivity index is 1.23. The van der Waals surface area contributed by atoms with Gasteiger partial charge in [-0.05, 0) is 67.6 Å². The number of pyridine rings is 1. The van der Waals surface area contributed by atoms with E-state index in [0.29, 0.717) is 68.3 Å². The normalized spacial score (nSPS) is 17.3. The average Bonchev–Trinajstić information content (AvgIpc) is 3.49. The number of hydrogen-bond donors (Lipinski definition) is 2. The number of halogens is 1. The second-order valence-electron chi connectivity index (χ2n) is 11.3. The second-order valence-corrected chi connectivity index (χ2v) is 11.3. The third-order valence-corrected chi connectivity index (χ3v) is 8.39. The fraction of sp³-hybridized carbons (Fsp3) is 0.344. The first-order chi connectivity index (χ1) is 20.8. The lowest BCUT2D eigenvalue weighted by Crippen LogP contribution is -2.44. The molecule has 4 aromatic rings. The van der Waals surface area contributed by atoms with Gasteiger partial charge in [-0.15, -0.1) is 0 Å². The number of amides is 3. The lowest BCUT2D eigenvalue weighted by atomic mass is 10.0. The van der Waals surface area contributed by atoms with Crippen molar-refractivity contribution in [3.63, 3.8) is 0 Å². The van der Waals surface area contributed by atoms with Crippen LogP contribution in [0.2, 0.25) is 0 Å². The van der Waals surface area contributed by atoms with Crippen molar-refractivity contribution in [2.75, 3.05) is 36.8 Å². The molecule has 3 amide bonds. The van der Waals surface area contributed by atoms with Crippen molar-refractivity contribution >= 4 is 34.6 Å². The molecular weight excluding hydrogens is 549 g/mol. The van der Waals surface area contributed by atoms with Gasteiger partial charge in [0, 0.05) is 62.0 Å². The highest BCUT2D eigenvalue weighted by Crippen LogP contribution is 2.29.